The maximum Gasteiger partial charge on any atom is 0.119 e. The van der Waals surface area contributed by atoms with Gasteiger partial charge in [-0.3, -0.25) is 4.98 Å². The van der Waals surface area contributed by atoms with E-state index in [1.54, 1.807) is 19.2 Å². The molecule has 2 aromatic carbocycles. The summed E-state index contributed by atoms with van der Waals surface area (Å²) in [5.41, 5.74) is 5.90. The van der Waals surface area contributed by atoms with Gasteiger partial charge < -0.3 is 4.74 Å². The number of alkyl halides is 1. The van der Waals surface area contributed by atoms with E-state index in [9.17, 15) is 4.39 Å². The molecule has 1 heterocycles. The molecule has 0 fully saturated rings. The van der Waals surface area contributed by atoms with E-state index in [0.717, 1.165) is 48.1 Å². The lowest BCUT2D eigenvalue weighted by Gasteiger charge is -2.13. The molecule has 2 nitrogen and oxygen atoms in total. The predicted octanol–water partition coefficient (Wildman–Crippen LogP) is 7.44. The molecule has 0 saturated heterocycles. The molecule has 3 aromatic rings. The normalized spacial score (nSPS) is 11.8. The molecule has 0 bridgehead atoms. The Kier molecular flexibility index (Phi) is 8.20. The lowest BCUT2D eigenvalue weighted by molar-refractivity contribution is 0.330. The number of pyridine rings is 1. The van der Waals surface area contributed by atoms with Crippen LogP contribution in [0.1, 0.15) is 38.2 Å². The van der Waals surface area contributed by atoms with Gasteiger partial charge in [0, 0.05) is 18.0 Å². The number of unbranched alkanes of at least 4 members (excludes halogenated alkanes) is 2. The Morgan fingerprint density at radius 3 is 2.53 bits per heavy atom. The summed E-state index contributed by atoms with van der Waals surface area (Å²) in [7, 11) is 0. The van der Waals surface area contributed by atoms with Crippen molar-refractivity contribution in [1.82, 2.24) is 4.98 Å². The predicted molar refractivity (Wildman–Crippen MR) is 124 cm³/mol. The van der Waals surface area contributed by atoms with Gasteiger partial charge in [-0.1, -0.05) is 61.9 Å². The van der Waals surface area contributed by atoms with Crippen LogP contribution in [0, 0.1) is 0 Å². The van der Waals surface area contributed by atoms with E-state index < -0.39 is 6.17 Å². The average Bonchev–Trinajstić information content (AvgIpc) is 2.78. The van der Waals surface area contributed by atoms with Gasteiger partial charge >= 0.3 is 0 Å². The lowest BCUT2D eigenvalue weighted by atomic mass is 9.92. The first kappa shape index (κ1) is 21.8. The van der Waals surface area contributed by atoms with Crippen LogP contribution in [-0.4, -0.2) is 17.8 Å². The summed E-state index contributed by atoms with van der Waals surface area (Å²) >= 11 is 0. The van der Waals surface area contributed by atoms with Gasteiger partial charge in [0.2, 0.25) is 0 Å². The second-order valence-corrected chi connectivity index (χ2v) is 7.63. The quantitative estimate of drug-likeness (QED) is 0.245. The molecule has 0 aliphatic rings. The van der Waals surface area contributed by atoms with E-state index in [2.05, 4.69) is 48.0 Å². The summed E-state index contributed by atoms with van der Waals surface area (Å²) in [4.78, 5) is 4.29. The molecule has 0 amide bonds. The number of nitrogens with zero attached hydrogens (tertiary/aromatic N) is 1. The molecule has 0 spiro atoms. The summed E-state index contributed by atoms with van der Waals surface area (Å²) in [6.07, 6.45) is 9.48. The molecule has 3 heteroatoms. The van der Waals surface area contributed by atoms with Crippen molar-refractivity contribution in [2.45, 2.75) is 45.2 Å². The Morgan fingerprint density at radius 2 is 1.83 bits per heavy atom. The fourth-order valence-electron chi connectivity index (χ4n) is 3.58. The smallest absolute Gasteiger partial charge is 0.119 e. The Hall–Kier alpha value is -2.94. The molecule has 0 saturated carbocycles. The highest BCUT2D eigenvalue weighted by molar-refractivity contribution is 5.83. The van der Waals surface area contributed by atoms with Crippen LogP contribution in [0.4, 0.5) is 4.39 Å². The summed E-state index contributed by atoms with van der Waals surface area (Å²) in [5.74, 6) is 0.833. The van der Waals surface area contributed by atoms with Gasteiger partial charge in [0.25, 0.3) is 0 Å². The number of benzene rings is 2. The molecule has 0 N–H and O–H groups in total. The van der Waals surface area contributed by atoms with Gasteiger partial charge in [0.05, 0.1) is 6.17 Å². The van der Waals surface area contributed by atoms with Crippen molar-refractivity contribution < 1.29 is 9.13 Å². The van der Waals surface area contributed by atoms with Crippen molar-refractivity contribution in [2.75, 3.05) is 6.61 Å². The first-order valence-corrected chi connectivity index (χ1v) is 10.7. The van der Waals surface area contributed by atoms with Gasteiger partial charge in [0.15, 0.2) is 0 Å². The third-order valence-corrected chi connectivity index (χ3v) is 5.16. The van der Waals surface area contributed by atoms with Gasteiger partial charge in [-0.15, -0.1) is 0 Å². The summed E-state index contributed by atoms with van der Waals surface area (Å²) in [6, 6.07) is 18.9. The number of aromatic nitrogens is 1. The molecule has 0 aliphatic carbocycles. The third-order valence-electron chi connectivity index (χ3n) is 5.16. The Morgan fingerprint density at radius 1 is 1.00 bits per heavy atom. The Labute approximate surface area is 179 Å². The maximum absolute atomic E-state index is 13.0. The molecule has 1 aromatic heterocycles. The summed E-state index contributed by atoms with van der Waals surface area (Å²) in [6.45, 7) is 5.82. The standard InChI is InChI=1S/C27H30FNO/c1-3-18-30-25-14-12-23(13-15-25)27-19-22(9-6-4-5-8-21(2)28)11-16-26(27)24-10-7-17-29-20-24/h3,7,10-17,19-21H,1,4-6,8-9,18H2,2H3. The van der Waals surface area contributed by atoms with Crippen LogP contribution in [-0.2, 0) is 6.42 Å². The number of halogens is 1. The van der Waals surface area contributed by atoms with E-state index >= 15 is 0 Å². The van der Waals surface area contributed by atoms with Crippen molar-refractivity contribution in [1.29, 1.82) is 0 Å². The minimum absolute atomic E-state index is 0.497. The molecule has 1 unspecified atom stereocenters. The SMILES string of the molecule is C=CCOc1ccc(-c2cc(CCCCCC(C)F)ccc2-c2cccnc2)cc1. The first-order valence-electron chi connectivity index (χ1n) is 10.7. The van der Waals surface area contributed by atoms with Gasteiger partial charge in [-0.2, -0.15) is 0 Å². The number of ether oxygens (including phenoxy) is 1. The van der Waals surface area contributed by atoms with Crippen molar-refractivity contribution >= 4 is 0 Å². The number of hydrogen-bond donors (Lipinski definition) is 0. The minimum Gasteiger partial charge on any atom is -0.490 e. The fourth-order valence-corrected chi connectivity index (χ4v) is 3.58. The molecular formula is C27H30FNO. The molecule has 3 rings (SSSR count). The van der Waals surface area contributed by atoms with Crippen LogP contribution in [0.5, 0.6) is 5.75 Å². The molecule has 156 valence electrons. The number of rotatable bonds is 11. The van der Waals surface area contributed by atoms with Gasteiger partial charge in [0.1, 0.15) is 12.4 Å². The highest BCUT2D eigenvalue weighted by Crippen LogP contribution is 2.34. The van der Waals surface area contributed by atoms with Crippen molar-refractivity contribution in [3.8, 4) is 28.0 Å². The van der Waals surface area contributed by atoms with Gasteiger partial charge in [-0.05, 0) is 66.6 Å². The van der Waals surface area contributed by atoms with E-state index in [4.69, 9.17) is 4.74 Å². The van der Waals surface area contributed by atoms with Crippen molar-refractivity contribution in [2.24, 2.45) is 0 Å². The van der Waals surface area contributed by atoms with E-state index in [-0.39, 0.29) is 0 Å². The molecule has 30 heavy (non-hydrogen) atoms. The van der Waals surface area contributed by atoms with Crippen LogP contribution in [0.25, 0.3) is 22.3 Å². The van der Waals surface area contributed by atoms with E-state index in [1.165, 1.54) is 11.1 Å². The minimum atomic E-state index is -0.700. The largest absolute Gasteiger partial charge is 0.490 e. The highest BCUT2D eigenvalue weighted by atomic mass is 19.1. The topological polar surface area (TPSA) is 22.1 Å². The lowest BCUT2D eigenvalue weighted by Crippen LogP contribution is -1.94. The maximum atomic E-state index is 13.0. The Balaban J connectivity index is 1.83. The van der Waals surface area contributed by atoms with E-state index in [0.29, 0.717) is 13.0 Å². The zero-order valence-corrected chi connectivity index (χ0v) is 17.7. The number of hydrogen-bond acceptors (Lipinski definition) is 2. The Bertz CT molecular complexity index is 919. The van der Waals surface area contributed by atoms with Crippen molar-refractivity contribution in [3.63, 3.8) is 0 Å². The molecule has 0 aliphatic heterocycles. The summed E-state index contributed by atoms with van der Waals surface area (Å²) < 4.78 is 18.6. The van der Waals surface area contributed by atoms with Crippen molar-refractivity contribution in [3.05, 3.63) is 85.2 Å². The molecule has 1 atom stereocenters. The zero-order valence-electron chi connectivity index (χ0n) is 17.7. The van der Waals surface area contributed by atoms with E-state index in [1.807, 2.05) is 24.4 Å². The second-order valence-electron chi connectivity index (χ2n) is 7.63. The third kappa shape index (κ3) is 6.28. The number of aryl methyl sites for hydroxylation is 1. The molecule has 0 radical (unpaired) electrons. The van der Waals surface area contributed by atoms with Crippen LogP contribution < -0.4 is 4.74 Å². The van der Waals surface area contributed by atoms with Crippen LogP contribution in [0.2, 0.25) is 0 Å². The highest BCUT2D eigenvalue weighted by Gasteiger charge is 2.10. The van der Waals surface area contributed by atoms with Crippen LogP contribution in [0.3, 0.4) is 0 Å². The average molecular weight is 404 g/mol. The monoisotopic (exact) mass is 403 g/mol. The first-order chi connectivity index (χ1) is 14.7. The van der Waals surface area contributed by atoms with Crippen LogP contribution >= 0.6 is 0 Å². The van der Waals surface area contributed by atoms with Gasteiger partial charge in [-0.25, -0.2) is 4.39 Å². The van der Waals surface area contributed by atoms with Crippen LogP contribution in [0.15, 0.2) is 79.6 Å². The summed E-state index contributed by atoms with van der Waals surface area (Å²) in [5, 5.41) is 0. The second kappa shape index (κ2) is 11.3. The zero-order chi connectivity index (χ0) is 21.2. The fraction of sp³-hybridized carbons (Fsp3) is 0.296. The molecular weight excluding hydrogens is 373 g/mol.